The molecule has 0 saturated heterocycles. The van der Waals surface area contributed by atoms with Crippen molar-refractivity contribution in [1.82, 2.24) is 5.32 Å². The Morgan fingerprint density at radius 3 is 2.50 bits per heavy atom. The Bertz CT molecular complexity index is 324. The normalized spacial score (nSPS) is 12.4. The van der Waals surface area contributed by atoms with Gasteiger partial charge in [-0.2, -0.15) is 5.26 Å². The molecule has 0 aromatic heterocycles. The number of hydrogen-bond acceptors (Lipinski definition) is 2. The van der Waals surface area contributed by atoms with Gasteiger partial charge in [-0.05, 0) is 24.4 Å². The van der Waals surface area contributed by atoms with Crippen molar-refractivity contribution in [2.45, 2.75) is 32.7 Å². The molecule has 0 aliphatic heterocycles. The molecule has 2 nitrogen and oxygen atoms in total. The van der Waals surface area contributed by atoms with Gasteiger partial charge in [-0.1, -0.05) is 44.2 Å². The lowest BCUT2D eigenvalue weighted by Gasteiger charge is -2.19. The van der Waals surface area contributed by atoms with Crippen molar-refractivity contribution in [1.29, 1.82) is 5.26 Å². The summed E-state index contributed by atoms with van der Waals surface area (Å²) in [6.45, 7) is 5.38. The van der Waals surface area contributed by atoms with Gasteiger partial charge in [0.15, 0.2) is 0 Å². The summed E-state index contributed by atoms with van der Waals surface area (Å²) in [5.74, 6) is 0.633. The van der Waals surface area contributed by atoms with Crippen LogP contribution in [0.25, 0.3) is 0 Å². The molecule has 1 unspecified atom stereocenters. The molecule has 0 aliphatic carbocycles. The van der Waals surface area contributed by atoms with E-state index in [9.17, 15) is 0 Å². The number of nitriles is 1. The van der Waals surface area contributed by atoms with Gasteiger partial charge in [0, 0.05) is 12.5 Å². The molecule has 1 rings (SSSR count). The highest BCUT2D eigenvalue weighted by atomic mass is 14.9. The van der Waals surface area contributed by atoms with E-state index in [4.69, 9.17) is 5.26 Å². The average Bonchev–Trinajstić information content (AvgIpc) is 2.30. The van der Waals surface area contributed by atoms with Crippen LogP contribution < -0.4 is 5.32 Å². The topological polar surface area (TPSA) is 35.8 Å². The van der Waals surface area contributed by atoms with Gasteiger partial charge in [-0.3, -0.25) is 0 Å². The molecule has 0 saturated carbocycles. The van der Waals surface area contributed by atoms with Gasteiger partial charge in [-0.25, -0.2) is 0 Å². The quantitative estimate of drug-likeness (QED) is 0.792. The number of hydrogen-bond donors (Lipinski definition) is 1. The first kappa shape index (κ1) is 12.7. The van der Waals surface area contributed by atoms with Crippen LogP contribution in [-0.4, -0.2) is 6.54 Å². The molecule has 1 aromatic rings. The SMILES string of the molecule is CC(C)CNC(CCC#N)c1ccccc1. The third-order valence-electron chi connectivity index (χ3n) is 2.52. The van der Waals surface area contributed by atoms with Gasteiger partial charge in [0.25, 0.3) is 0 Å². The van der Waals surface area contributed by atoms with Gasteiger partial charge in [-0.15, -0.1) is 0 Å². The van der Waals surface area contributed by atoms with Crippen LogP contribution in [0.15, 0.2) is 30.3 Å². The van der Waals surface area contributed by atoms with Crippen LogP contribution in [-0.2, 0) is 0 Å². The van der Waals surface area contributed by atoms with E-state index in [0.717, 1.165) is 13.0 Å². The summed E-state index contributed by atoms with van der Waals surface area (Å²) in [7, 11) is 0. The third-order valence-corrected chi connectivity index (χ3v) is 2.52. The zero-order valence-electron chi connectivity index (χ0n) is 10.1. The molecule has 0 spiro atoms. The van der Waals surface area contributed by atoms with E-state index in [1.165, 1.54) is 5.56 Å². The summed E-state index contributed by atoms with van der Waals surface area (Å²) in [6, 6.07) is 12.9. The van der Waals surface area contributed by atoms with E-state index in [1.807, 2.05) is 18.2 Å². The Morgan fingerprint density at radius 2 is 1.94 bits per heavy atom. The Hall–Kier alpha value is -1.33. The second-order valence-corrected chi connectivity index (χ2v) is 4.46. The summed E-state index contributed by atoms with van der Waals surface area (Å²) in [6.07, 6.45) is 1.48. The van der Waals surface area contributed by atoms with Crippen molar-refractivity contribution in [2.75, 3.05) is 6.54 Å². The van der Waals surface area contributed by atoms with Crippen LogP contribution in [0.3, 0.4) is 0 Å². The molecular formula is C14H20N2. The molecule has 0 heterocycles. The maximum Gasteiger partial charge on any atom is 0.0622 e. The molecule has 0 radical (unpaired) electrons. The van der Waals surface area contributed by atoms with E-state index in [0.29, 0.717) is 18.4 Å². The number of nitrogens with one attached hydrogen (secondary N) is 1. The fourth-order valence-electron chi connectivity index (χ4n) is 1.66. The summed E-state index contributed by atoms with van der Waals surface area (Å²) in [4.78, 5) is 0. The Kier molecular flexibility index (Phi) is 5.60. The fraction of sp³-hybridized carbons (Fsp3) is 0.500. The zero-order chi connectivity index (χ0) is 11.8. The van der Waals surface area contributed by atoms with Crippen molar-refractivity contribution >= 4 is 0 Å². The number of rotatable bonds is 6. The summed E-state index contributed by atoms with van der Waals surface area (Å²) < 4.78 is 0. The maximum atomic E-state index is 8.66. The van der Waals surface area contributed by atoms with Crippen LogP contribution in [0.1, 0.15) is 38.3 Å². The Balaban J connectivity index is 2.60. The van der Waals surface area contributed by atoms with Gasteiger partial charge < -0.3 is 5.32 Å². The van der Waals surface area contributed by atoms with E-state index < -0.39 is 0 Å². The predicted octanol–water partition coefficient (Wildman–Crippen LogP) is 3.28. The number of benzene rings is 1. The lowest BCUT2D eigenvalue weighted by molar-refractivity contribution is 0.456. The molecule has 16 heavy (non-hydrogen) atoms. The first-order valence-corrected chi connectivity index (χ1v) is 5.89. The molecular weight excluding hydrogens is 196 g/mol. The second kappa shape index (κ2) is 7.03. The van der Waals surface area contributed by atoms with Crippen molar-refractivity contribution in [3.8, 4) is 6.07 Å². The van der Waals surface area contributed by atoms with E-state index >= 15 is 0 Å². The highest BCUT2D eigenvalue weighted by molar-refractivity contribution is 5.19. The lowest BCUT2D eigenvalue weighted by atomic mass is 10.0. The molecule has 1 aromatic carbocycles. The van der Waals surface area contributed by atoms with Crippen molar-refractivity contribution in [3.63, 3.8) is 0 Å². The first-order chi connectivity index (χ1) is 7.74. The smallest absolute Gasteiger partial charge is 0.0622 e. The minimum atomic E-state index is 0.309. The molecule has 86 valence electrons. The minimum Gasteiger partial charge on any atom is -0.310 e. The van der Waals surface area contributed by atoms with Gasteiger partial charge in [0.05, 0.1) is 6.07 Å². The summed E-state index contributed by atoms with van der Waals surface area (Å²) >= 11 is 0. The first-order valence-electron chi connectivity index (χ1n) is 5.89. The third kappa shape index (κ3) is 4.46. The number of nitrogens with zero attached hydrogens (tertiary/aromatic N) is 1. The highest BCUT2D eigenvalue weighted by Crippen LogP contribution is 2.18. The van der Waals surface area contributed by atoms with E-state index in [1.54, 1.807) is 0 Å². The molecule has 0 aliphatic rings. The minimum absolute atomic E-state index is 0.309. The maximum absolute atomic E-state index is 8.66. The molecule has 0 bridgehead atoms. The average molecular weight is 216 g/mol. The zero-order valence-corrected chi connectivity index (χ0v) is 10.1. The van der Waals surface area contributed by atoms with E-state index in [2.05, 4.69) is 37.4 Å². The molecule has 1 N–H and O–H groups in total. The van der Waals surface area contributed by atoms with Crippen LogP contribution in [0, 0.1) is 17.2 Å². The summed E-state index contributed by atoms with van der Waals surface area (Å²) in [5, 5.41) is 12.2. The lowest BCUT2D eigenvalue weighted by Crippen LogP contribution is -2.25. The predicted molar refractivity (Wildman–Crippen MR) is 66.9 cm³/mol. The monoisotopic (exact) mass is 216 g/mol. The fourth-order valence-corrected chi connectivity index (χ4v) is 1.66. The van der Waals surface area contributed by atoms with Crippen LogP contribution in [0.5, 0.6) is 0 Å². The van der Waals surface area contributed by atoms with E-state index in [-0.39, 0.29) is 0 Å². The Morgan fingerprint density at radius 1 is 1.25 bits per heavy atom. The van der Waals surface area contributed by atoms with Crippen LogP contribution >= 0.6 is 0 Å². The van der Waals surface area contributed by atoms with Crippen molar-refractivity contribution < 1.29 is 0 Å². The molecule has 1 atom stereocenters. The molecule has 2 heteroatoms. The van der Waals surface area contributed by atoms with Crippen molar-refractivity contribution in [2.24, 2.45) is 5.92 Å². The largest absolute Gasteiger partial charge is 0.310 e. The van der Waals surface area contributed by atoms with Gasteiger partial charge in [0.1, 0.15) is 0 Å². The van der Waals surface area contributed by atoms with Crippen molar-refractivity contribution in [3.05, 3.63) is 35.9 Å². The van der Waals surface area contributed by atoms with Crippen LogP contribution in [0.4, 0.5) is 0 Å². The van der Waals surface area contributed by atoms with Gasteiger partial charge >= 0.3 is 0 Å². The Labute approximate surface area is 98.3 Å². The summed E-state index contributed by atoms with van der Waals surface area (Å²) in [5.41, 5.74) is 1.28. The highest BCUT2D eigenvalue weighted by Gasteiger charge is 2.10. The van der Waals surface area contributed by atoms with Gasteiger partial charge in [0.2, 0.25) is 0 Å². The molecule has 0 fully saturated rings. The second-order valence-electron chi connectivity index (χ2n) is 4.46. The molecule has 0 amide bonds. The standard InChI is InChI=1S/C14H20N2/c1-12(2)11-16-14(9-6-10-15)13-7-4-3-5-8-13/h3-5,7-8,12,14,16H,6,9,11H2,1-2H3. The van der Waals surface area contributed by atoms with Crippen LogP contribution in [0.2, 0.25) is 0 Å².